The standard InChI is InChI=1S/C13H23N5O/c1-13(2)7-5-4-6-9(13)17-11-10(19-3)12(18-14)16-8-15-11/h8-9H,4-7,14H2,1-3H3,(H2,15,16,17,18). The van der Waals surface area contributed by atoms with Crippen LogP contribution in [0.25, 0.3) is 0 Å². The molecule has 106 valence electrons. The second-order valence-corrected chi connectivity index (χ2v) is 5.68. The molecule has 0 saturated heterocycles. The van der Waals surface area contributed by atoms with E-state index in [1.807, 2.05) is 0 Å². The second-order valence-electron chi connectivity index (χ2n) is 5.68. The number of hydrogen-bond acceptors (Lipinski definition) is 6. The number of nitrogen functional groups attached to an aromatic ring is 1. The fourth-order valence-electron chi connectivity index (χ4n) is 2.70. The molecule has 0 amide bonds. The van der Waals surface area contributed by atoms with Gasteiger partial charge in [-0.05, 0) is 18.3 Å². The maximum absolute atomic E-state index is 5.43. The molecule has 19 heavy (non-hydrogen) atoms. The van der Waals surface area contributed by atoms with E-state index in [0.29, 0.717) is 23.4 Å². The molecule has 4 N–H and O–H groups in total. The van der Waals surface area contributed by atoms with Crippen molar-refractivity contribution in [2.24, 2.45) is 11.3 Å². The van der Waals surface area contributed by atoms with Crippen molar-refractivity contribution in [3.8, 4) is 5.75 Å². The first-order chi connectivity index (χ1) is 9.08. The molecule has 0 spiro atoms. The number of hydrazine groups is 1. The van der Waals surface area contributed by atoms with Crippen molar-refractivity contribution in [2.75, 3.05) is 17.9 Å². The zero-order chi connectivity index (χ0) is 13.9. The molecule has 1 aromatic rings. The molecule has 0 aromatic carbocycles. The maximum atomic E-state index is 5.43. The third kappa shape index (κ3) is 2.89. The Balaban J connectivity index is 2.23. The summed E-state index contributed by atoms with van der Waals surface area (Å²) in [4.78, 5) is 8.32. The van der Waals surface area contributed by atoms with Gasteiger partial charge in [-0.25, -0.2) is 15.8 Å². The molecule has 1 aromatic heterocycles. The molecule has 2 rings (SSSR count). The number of ether oxygens (including phenoxy) is 1. The minimum absolute atomic E-state index is 0.254. The van der Waals surface area contributed by atoms with E-state index >= 15 is 0 Å². The van der Waals surface area contributed by atoms with Gasteiger partial charge < -0.3 is 15.5 Å². The summed E-state index contributed by atoms with van der Waals surface area (Å²) in [6.07, 6.45) is 6.39. The number of nitrogens with zero attached hydrogens (tertiary/aromatic N) is 2. The highest BCUT2D eigenvalue weighted by atomic mass is 16.5. The molecule has 1 fully saturated rings. The number of methoxy groups -OCH3 is 1. The summed E-state index contributed by atoms with van der Waals surface area (Å²) in [5, 5.41) is 3.49. The van der Waals surface area contributed by atoms with E-state index in [4.69, 9.17) is 10.6 Å². The highest BCUT2D eigenvalue weighted by Crippen LogP contribution is 2.39. The van der Waals surface area contributed by atoms with Crippen LogP contribution in [0.3, 0.4) is 0 Å². The summed E-state index contributed by atoms with van der Waals surface area (Å²) in [7, 11) is 1.59. The number of aromatic nitrogens is 2. The monoisotopic (exact) mass is 265 g/mol. The molecule has 1 saturated carbocycles. The van der Waals surface area contributed by atoms with Crippen LogP contribution in [0.4, 0.5) is 11.6 Å². The Kier molecular flexibility index (Phi) is 4.09. The van der Waals surface area contributed by atoms with Crippen LogP contribution in [-0.4, -0.2) is 23.1 Å². The van der Waals surface area contributed by atoms with Crippen molar-refractivity contribution in [3.05, 3.63) is 6.33 Å². The Morgan fingerprint density at radius 2 is 2.05 bits per heavy atom. The minimum atomic E-state index is 0.254. The van der Waals surface area contributed by atoms with Crippen molar-refractivity contribution in [2.45, 2.75) is 45.6 Å². The van der Waals surface area contributed by atoms with Crippen molar-refractivity contribution in [3.63, 3.8) is 0 Å². The van der Waals surface area contributed by atoms with Crippen LogP contribution in [0.5, 0.6) is 5.75 Å². The quantitative estimate of drug-likeness (QED) is 0.571. The molecule has 1 aliphatic carbocycles. The topological polar surface area (TPSA) is 85.1 Å². The SMILES string of the molecule is COc1c(NN)ncnc1NC1CCCCC1(C)C. The molecular formula is C13H23N5O. The van der Waals surface area contributed by atoms with Gasteiger partial charge in [-0.1, -0.05) is 26.7 Å². The van der Waals surface area contributed by atoms with Gasteiger partial charge in [-0.3, -0.25) is 0 Å². The number of nitrogens with one attached hydrogen (secondary N) is 2. The van der Waals surface area contributed by atoms with Gasteiger partial charge in [-0.2, -0.15) is 0 Å². The fourth-order valence-corrected chi connectivity index (χ4v) is 2.70. The average Bonchev–Trinajstić information content (AvgIpc) is 2.40. The van der Waals surface area contributed by atoms with Gasteiger partial charge in [0.2, 0.25) is 5.75 Å². The average molecular weight is 265 g/mol. The van der Waals surface area contributed by atoms with Crippen LogP contribution in [0.1, 0.15) is 39.5 Å². The second kappa shape index (κ2) is 5.61. The van der Waals surface area contributed by atoms with E-state index in [0.717, 1.165) is 6.42 Å². The van der Waals surface area contributed by atoms with Crippen LogP contribution in [0, 0.1) is 5.41 Å². The predicted molar refractivity (Wildman–Crippen MR) is 76.1 cm³/mol. The Morgan fingerprint density at radius 3 is 2.68 bits per heavy atom. The van der Waals surface area contributed by atoms with E-state index in [1.54, 1.807) is 7.11 Å². The van der Waals surface area contributed by atoms with Crippen molar-refractivity contribution in [1.82, 2.24) is 9.97 Å². The van der Waals surface area contributed by atoms with Gasteiger partial charge in [0.25, 0.3) is 0 Å². The Labute approximate surface area is 114 Å². The van der Waals surface area contributed by atoms with Crippen molar-refractivity contribution >= 4 is 11.6 Å². The summed E-state index contributed by atoms with van der Waals surface area (Å²) in [5.41, 5.74) is 2.78. The lowest BCUT2D eigenvalue weighted by atomic mass is 9.73. The highest BCUT2D eigenvalue weighted by Gasteiger charge is 2.33. The molecule has 1 aliphatic rings. The van der Waals surface area contributed by atoms with Crippen LogP contribution in [-0.2, 0) is 0 Å². The molecule has 6 heteroatoms. The molecule has 1 heterocycles. The minimum Gasteiger partial charge on any atom is -0.490 e. The highest BCUT2D eigenvalue weighted by molar-refractivity contribution is 5.63. The Bertz CT molecular complexity index is 435. The molecule has 0 aliphatic heterocycles. The number of anilines is 2. The van der Waals surface area contributed by atoms with Gasteiger partial charge in [0, 0.05) is 6.04 Å². The largest absolute Gasteiger partial charge is 0.490 e. The van der Waals surface area contributed by atoms with Gasteiger partial charge in [-0.15, -0.1) is 0 Å². The number of rotatable bonds is 4. The van der Waals surface area contributed by atoms with Gasteiger partial charge in [0.1, 0.15) is 6.33 Å². The maximum Gasteiger partial charge on any atom is 0.205 e. The Hall–Kier alpha value is -1.56. The van der Waals surface area contributed by atoms with Crippen LogP contribution in [0.2, 0.25) is 0 Å². The summed E-state index contributed by atoms with van der Waals surface area (Å²) in [6, 6.07) is 0.385. The lowest BCUT2D eigenvalue weighted by molar-refractivity contribution is 0.216. The normalized spacial score (nSPS) is 21.8. The fraction of sp³-hybridized carbons (Fsp3) is 0.692. The molecule has 1 unspecified atom stereocenters. The number of nitrogens with two attached hydrogens (primary N) is 1. The van der Waals surface area contributed by atoms with Crippen molar-refractivity contribution in [1.29, 1.82) is 0 Å². The van der Waals surface area contributed by atoms with Gasteiger partial charge in [0.15, 0.2) is 11.6 Å². The number of hydrogen-bond donors (Lipinski definition) is 3. The Morgan fingerprint density at radius 1 is 1.32 bits per heavy atom. The molecule has 0 radical (unpaired) electrons. The van der Waals surface area contributed by atoms with E-state index in [9.17, 15) is 0 Å². The zero-order valence-electron chi connectivity index (χ0n) is 11.9. The third-order valence-electron chi connectivity index (χ3n) is 3.96. The van der Waals surface area contributed by atoms with Crippen LogP contribution in [0.15, 0.2) is 6.33 Å². The summed E-state index contributed by atoms with van der Waals surface area (Å²) < 4.78 is 5.35. The lowest BCUT2D eigenvalue weighted by Gasteiger charge is -2.39. The summed E-state index contributed by atoms with van der Waals surface area (Å²) in [6.45, 7) is 4.58. The predicted octanol–water partition coefficient (Wildman–Crippen LogP) is 2.15. The molecule has 6 nitrogen and oxygen atoms in total. The molecule has 0 bridgehead atoms. The smallest absolute Gasteiger partial charge is 0.205 e. The van der Waals surface area contributed by atoms with E-state index in [1.165, 1.54) is 25.6 Å². The van der Waals surface area contributed by atoms with Crippen LogP contribution >= 0.6 is 0 Å². The third-order valence-corrected chi connectivity index (χ3v) is 3.96. The lowest BCUT2D eigenvalue weighted by Crippen LogP contribution is -2.39. The van der Waals surface area contributed by atoms with Gasteiger partial charge >= 0.3 is 0 Å². The first-order valence-corrected chi connectivity index (χ1v) is 6.70. The summed E-state index contributed by atoms with van der Waals surface area (Å²) >= 11 is 0. The van der Waals surface area contributed by atoms with Gasteiger partial charge in [0.05, 0.1) is 7.11 Å². The zero-order valence-corrected chi connectivity index (χ0v) is 11.9. The van der Waals surface area contributed by atoms with Crippen molar-refractivity contribution < 1.29 is 4.74 Å². The molecular weight excluding hydrogens is 242 g/mol. The van der Waals surface area contributed by atoms with E-state index < -0.39 is 0 Å². The van der Waals surface area contributed by atoms with Crippen LogP contribution < -0.4 is 21.3 Å². The van der Waals surface area contributed by atoms with E-state index in [-0.39, 0.29) is 5.41 Å². The first kappa shape index (κ1) is 13.9. The first-order valence-electron chi connectivity index (χ1n) is 6.70. The van der Waals surface area contributed by atoms with E-state index in [2.05, 4.69) is 34.6 Å². The molecule has 1 atom stereocenters. The summed E-state index contributed by atoms with van der Waals surface area (Å²) in [5.74, 6) is 7.19.